The van der Waals surface area contributed by atoms with Crippen molar-refractivity contribution in [3.05, 3.63) is 58.7 Å². The average molecular weight is 346 g/mol. The fourth-order valence-corrected chi connectivity index (χ4v) is 2.96. The number of benzene rings is 2. The number of nitrogens with two attached hydrogens (primary N) is 1. The molecule has 128 valence electrons. The van der Waals surface area contributed by atoms with Gasteiger partial charge in [0.25, 0.3) is 5.91 Å². The van der Waals surface area contributed by atoms with Crippen LogP contribution in [0.25, 0.3) is 0 Å². The van der Waals surface area contributed by atoms with Gasteiger partial charge in [-0.1, -0.05) is 26.0 Å². The monoisotopic (exact) mass is 346 g/mol. The molecule has 0 aromatic heterocycles. The number of hydrogen-bond acceptors (Lipinski definition) is 3. The van der Waals surface area contributed by atoms with E-state index in [2.05, 4.69) is 19.2 Å². The summed E-state index contributed by atoms with van der Waals surface area (Å²) in [6.07, 6.45) is 0. The van der Waals surface area contributed by atoms with Crippen molar-refractivity contribution in [2.75, 3.05) is 5.32 Å². The van der Waals surface area contributed by atoms with Gasteiger partial charge in [-0.05, 0) is 60.7 Å². The molecule has 1 amide bonds. The third-order valence-corrected chi connectivity index (χ3v) is 4.95. The zero-order valence-corrected chi connectivity index (χ0v) is 15.1. The van der Waals surface area contributed by atoms with Crippen LogP contribution in [0.5, 0.6) is 0 Å². The summed E-state index contributed by atoms with van der Waals surface area (Å²) in [6, 6.07) is 10.2. The van der Waals surface area contributed by atoms with Gasteiger partial charge in [-0.3, -0.25) is 4.79 Å². The summed E-state index contributed by atoms with van der Waals surface area (Å²) < 4.78 is 23.1. The number of sulfonamides is 1. The van der Waals surface area contributed by atoms with Crippen molar-refractivity contribution in [1.82, 2.24) is 0 Å². The van der Waals surface area contributed by atoms with Crippen LogP contribution in [0.1, 0.15) is 46.8 Å². The van der Waals surface area contributed by atoms with E-state index in [1.165, 1.54) is 12.1 Å². The number of nitrogens with one attached hydrogen (secondary N) is 1. The molecular weight excluding hydrogens is 324 g/mol. The van der Waals surface area contributed by atoms with E-state index in [9.17, 15) is 13.2 Å². The minimum atomic E-state index is -3.83. The first kappa shape index (κ1) is 18.2. The normalized spacial score (nSPS) is 11.6. The van der Waals surface area contributed by atoms with Crippen molar-refractivity contribution in [3.63, 3.8) is 0 Å². The van der Waals surface area contributed by atoms with E-state index in [1.54, 1.807) is 19.1 Å². The van der Waals surface area contributed by atoms with Crippen LogP contribution in [0.2, 0.25) is 0 Å². The quantitative estimate of drug-likeness (QED) is 0.890. The second-order valence-electron chi connectivity index (χ2n) is 6.19. The lowest BCUT2D eigenvalue weighted by Crippen LogP contribution is -2.16. The number of carbonyl (C=O) groups excluding carboxylic acids is 1. The summed E-state index contributed by atoms with van der Waals surface area (Å²) in [5.41, 5.74) is 3.64. The van der Waals surface area contributed by atoms with Crippen LogP contribution in [0.4, 0.5) is 5.69 Å². The van der Waals surface area contributed by atoms with Gasteiger partial charge in [-0.25, -0.2) is 13.6 Å². The van der Waals surface area contributed by atoms with Crippen LogP contribution in [0.15, 0.2) is 41.3 Å². The highest BCUT2D eigenvalue weighted by atomic mass is 32.2. The Bertz CT molecular complexity index is 870. The third kappa shape index (κ3) is 4.01. The molecule has 0 aliphatic carbocycles. The molecule has 0 unspecified atom stereocenters. The molecule has 24 heavy (non-hydrogen) atoms. The van der Waals surface area contributed by atoms with Crippen LogP contribution in [-0.4, -0.2) is 14.3 Å². The highest BCUT2D eigenvalue weighted by molar-refractivity contribution is 7.89. The van der Waals surface area contributed by atoms with Crippen molar-refractivity contribution < 1.29 is 13.2 Å². The lowest BCUT2D eigenvalue weighted by Gasteiger charge is -2.13. The second kappa shape index (κ2) is 6.75. The van der Waals surface area contributed by atoms with Crippen LogP contribution < -0.4 is 10.5 Å². The molecule has 0 atom stereocenters. The van der Waals surface area contributed by atoms with Crippen LogP contribution in [0, 0.1) is 13.8 Å². The molecule has 0 radical (unpaired) electrons. The highest BCUT2D eigenvalue weighted by Crippen LogP contribution is 2.24. The summed E-state index contributed by atoms with van der Waals surface area (Å²) in [6.45, 7) is 7.76. The number of carbonyl (C=O) groups is 1. The van der Waals surface area contributed by atoms with E-state index in [4.69, 9.17) is 5.14 Å². The predicted octanol–water partition coefficient (Wildman–Crippen LogP) is 3.33. The lowest BCUT2D eigenvalue weighted by atomic mass is 10.0. The molecule has 6 heteroatoms. The number of hydrogen-bond donors (Lipinski definition) is 2. The zero-order chi connectivity index (χ0) is 18.1. The van der Waals surface area contributed by atoms with E-state index in [0.717, 1.165) is 16.7 Å². The van der Waals surface area contributed by atoms with Crippen molar-refractivity contribution in [2.24, 2.45) is 5.14 Å². The summed E-state index contributed by atoms with van der Waals surface area (Å²) in [5, 5.41) is 7.96. The smallest absolute Gasteiger partial charge is 0.255 e. The van der Waals surface area contributed by atoms with Gasteiger partial charge in [-0.15, -0.1) is 0 Å². The minimum absolute atomic E-state index is 0.0175. The van der Waals surface area contributed by atoms with Crippen LogP contribution >= 0.6 is 0 Å². The molecule has 2 aromatic rings. The van der Waals surface area contributed by atoms with Gasteiger partial charge in [0, 0.05) is 11.3 Å². The Labute approximate surface area is 142 Å². The number of anilines is 1. The van der Waals surface area contributed by atoms with Crippen molar-refractivity contribution in [1.29, 1.82) is 0 Å². The summed E-state index contributed by atoms with van der Waals surface area (Å²) >= 11 is 0. The molecule has 0 aliphatic rings. The van der Waals surface area contributed by atoms with Crippen LogP contribution in [-0.2, 0) is 10.0 Å². The Balaban J connectivity index is 2.33. The molecule has 2 rings (SSSR count). The summed E-state index contributed by atoms with van der Waals surface area (Å²) in [7, 11) is -3.83. The second-order valence-corrected chi connectivity index (χ2v) is 7.75. The molecule has 0 bridgehead atoms. The third-order valence-electron chi connectivity index (χ3n) is 4.06. The fraction of sp³-hybridized carbons (Fsp3) is 0.278. The van der Waals surface area contributed by atoms with Gasteiger partial charge in [-0.2, -0.15) is 0 Å². The number of rotatable bonds is 4. The van der Waals surface area contributed by atoms with Crippen molar-refractivity contribution in [3.8, 4) is 0 Å². The van der Waals surface area contributed by atoms with Gasteiger partial charge < -0.3 is 5.32 Å². The first-order valence-corrected chi connectivity index (χ1v) is 9.19. The Hall–Kier alpha value is -2.18. The molecule has 0 heterocycles. The maximum atomic E-state index is 12.4. The molecule has 0 fully saturated rings. The standard InChI is InChI=1S/C18H22N2O3S/c1-11(2)14-5-7-15(8-6-14)18(21)20-17-10-16(24(19,22)23)9-12(3)13(17)4/h5-11H,1-4H3,(H,20,21)(H2,19,22,23). The molecule has 0 aliphatic heterocycles. The summed E-state index contributed by atoms with van der Waals surface area (Å²) in [4.78, 5) is 12.4. The number of amides is 1. The van der Waals surface area contributed by atoms with E-state index < -0.39 is 10.0 Å². The Morgan fingerprint density at radius 3 is 2.17 bits per heavy atom. The molecule has 0 saturated carbocycles. The number of aryl methyl sites for hydroxylation is 1. The van der Waals surface area contributed by atoms with Crippen LogP contribution in [0.3, 0.4) is 0 Å². The predicted molar refractivity (Wildman–Crippen MR) is 95.8 cm³/mol. The first-order valence-electron chi connectivity index (χ1n) is 7.65. The van der Waals surface area contributed by atoms with E-state index in [-0.39, 0.29) is 10.8 Å². The molecular formula is C18H22N2O3S. The lowest BCUT2D eigenvalue weighted by molar-refractivity contribution is 0.102. The minimum Gasteiger partial charge on any atom is -0.322 e. The Kier molecular flexibility index (Phi) is 5.11. The molecule has 3 N–H and O–H groups in total. The Morgan fingerprint density at radius 2 is 1.67 bits per heavy atom. The van der Waals surface area contributed by atoms with Gasteiger partial charge in [0.2, 0.25) is 10.0 Å². The van der Waals surface area contributed by atoms with E-state index in [1.807, 2.05) is 19.1 Å². The van der Waals surface area contributed by atoms with Crippen molar-refractivity contribution in [2.45, 2.75) is 38.5 Å². The van der Waals surface area contributed by atoms with Gasteiger partial charge in [0.05, 0.1) is 4.90 Å². The van der Waals surface area contributed by atoms with Gasteiger partial charge >= 0.3 is 0 Å². The van der Waals surface area contributed by atoms with E-state index in [0.29, 0.717) is 17.2 Å². The maximum Gasteiger partial charge on any atom is 0.255 e. The number of primary sulfonamides is 1. The fourth-order valence-electron chi connectivity index (χ4n) is 2.33. The molecule has 0 spiro atoms. The van der Waals surface area contributed by atoms with Crippen molar-refractivity contribution >= 4 is 21.6 Å². The zero-order valence-electron chi connectivity index (χ0n) is 14.3. The first-order chi connectivity index (χ1) is 11.1. The molecule has 2 aromatic carbocycles. The van der Waals surface area contributed by atoms with Gasteiger partial charge in [0.15, 0.2) is 0 Å². The van der Waals surface area contributed by atoms with Gasteiger partial charge in [0.1, 0.15) is 0 Å². The average Bonchev–Trinajstić information content (AvgIpc) is 2.50. The highest BCUT2D eigenvalue weighted by Gasteiger charge is 2.15. The largest absolute Gasteiger partial charge is 0.322 e. The topological polar surface area (TPSA) is 89.3 Å². The summed E-state index contributed by atoms with van der Waals surface area (Å²) in [5.74, 6) is 0.0952. The van der Waals surface area contributed by atoms with E-state index >= 15 is 0 Å². The molecule has 5 nitrogen and oxygen atoms in total. The SMILES string of the molecule is Cc1cc(S(N)(=O)=O)cc(NC(=O)c2ccc(C(C)C)cc2)c1C. The maximum absolute atomic E-state index is 12.4. The molecule has 0 saturated heterocycles. The Morgan fingerprint density at radius 1 is 1.08 bits per heavy atom.